The van der Waals surface area contributed by atoms with Crippen molar-refractivity contribution in [1.29, 1.82) is 0 Å². The fourth-order valence-electron chi connectivity index (χ4n) is 3.43. The van der Waals surface area contributed by atoms with Crippen LogP contribution in [0.5, 0.6) is 5.75 Å². The van der Waals surface area contributed by atoms with Gasteiger partial charge in [0.2, 0.25) is 0 Å². The molecule has 2 N–H and O–H groups in total. The molecule has 0 saturated carbocycles. The smallest absolute Gasteiger partial charge is 0.281 e. The van der Waals surface area contributed by atoms with E-state index in [-0.39, 0.29) is 5.82 Å². The van der Waals surface area contributed by atoms with Crippen molar-refractivity contribution in [3.8, 4) is 5.75 Å². The zero-order valence-corrected chi connectivity index (χ0v) is 18.3. The fraction of sp³-hybridized carbons (Fsp3) is 0.0714. The number of carbonyl (C=O) groups is 1. The number of carbonyl (C=O) groups excluding carboxylic acids is 1. The molecular formula is C28H23FN2O3. The Hall–Kier alpha value is -4.29. The summed E-state index contributed by atoms with van der Waals surface area (Å²) < 4.78 is 18.7. The Balaban J connectivity index is 1.41. The largest absolute Gasteiger partial charge is 0.489 e. The predicted octanol–water partition coefficient (Wildman–Crippen LogP) is 4.79. The van der Waals surface area contributed by atoms with Gasteiger partial charge in [-0.15, -0.1) is 0 Å². The van der Waals surface area contributed by atoms with E-state index in [1.807, 2.05) is 12.1 Å². The quantitative estimate of drug-likeness (QED) is 0.297. The van der Waals surface area contributed by atoms with Gasteiger partial charge in [0.25, 0.3) is 5.91 Å². The summed E-state index contributed by atoms with van der Waals surface area (Å²) in [6.45, 7) is 0.321. The highest BCUT2D eigenvalue weighted by Gasteiger charge is 2.39. The zero-order valence-electron chi connectivity index (χ0n) is 18.3. The molecule has 0 radical (unpaired) electrons. The molecule has 0 aliphatic rings. The Morgan fingerprint density at radius 3 is 1.97 bits per heavy atom. The lowest BCUT2D eigenvalue weighted by Crippen LogP contribution is -2.43. The van der Waals surface area contributed by atoms with E-state index in [2.05, 4.69) is 10.5 Å². The van der Waals surface area contributed by atoms with Gasteiger partial charge in [-0.25, -0.2) is 9.82 Å². The number of rotatable bonds is 8. The van der Waals surface area contributed by atoms with Gasteiger partial charge >= 0.3 is 0 Å². The minimum Gasteiger partial charge on any atom is -0.489 e. The van der Waals surface area contributed by atoms with Gasteiger partial charge in [0.05, 0.1) is 6.21 Å². The van der Waals surface area contributed by atoms with Crippen LogP contribution in [0.1, 0.15) is 22.3 Å². The van der Waals surface area contributed by atoms with Gasteiger partial charge in [-0.05, 0) is 58.7 Å². The Bertz CT molecular complexity index is 1200. The molecule has 0 aliphatic carbocycles. The number of hydrazone groups is 1. The Morgan fingerprint density at radius 1 is 0.853 bits per heavy atom. The summed E-state index contributed by atoms with van der Waals surface area (Å²) in [7, 11) is 0. The molecule has 0 fully saturated rings. The molecule has 0 heterocycles. The number of nitrogens with zero attached hydrogens (tertiary/aromatic N) is 1. The van der Waals surface area contributed by atoms with Crippen LogP contribution in [-0.2, 0) is 17.0 Å². The third-order valence-corrected chi connectivity index (χ3v) is 5.29. The highest BCUT2D eigenvalue weighted by Crippen LogP contribution is 2.29. The average molecular weight is 455 g/mol. The second-order valence-electron chi connectivity index (χ2n) is 7.63. The van der Waals surface area contributed by atoms with Crippen molar-refractivity contribution >= 4 is 12.1 Å². The molecule has 1 amide bonds. The van der Waals surface area contributed by atoms with Crippen molar-refractivity contribution in [2.45, 2.75) is 12.2 Å². The van der Waals surface area contributed by atoms with Crippen LogP contribution in [0.4, 0.5) is 4.39 Å². The van der Waals surface area contributed by atoms with Gasteiger partial charge in [0.1, 0.15) is 18.2 Å². The zero-order chi connectivity index (χ0) is 23.8. The van der Waals surface area contributed by atoms with Crippen LogP contribution in [-0.4, -0.2) is 17.2 Å². The lowest BCUT2D eigenvalue weighted by Gasteiger charge is -2.27. The van der Waals surface area contributed by atoms with Crippen molar-refractivity contribution in [1.82, 2.24) is 5.43 Å². The molecular weight excluding hydrogens is 431 g/mol. The third kappa shape index (κ3) is 5.36. The normalized spacial score (nSPS) is 11.4. The number of ether oxygens (including phenoxy) is 1. The highest BCUT2D eigenvalue weighted by molar-refractivity contribution is 5.91. The molecule has 0 saturated heterocycles. The average Bonchev–Trinajstić information content (AvgIpc) is 2.89. The molecule has 0 aromatic heterocycles. The first-order chi connectivity index (χ1) is 16.6. The Labute approximate surface area is 197 Å². The van der Waals surface area contributed by atoms with Gasteiger partial charge in [0.15, 0.2) is 5.60 Å². The van der Waals surface area contributed by atoms with E-state index in [4.69, 9.17) is 4.74 Å². The van der Waals surface area contributed by atoms with Crippen LogP contribution < -0.4 is 10.2 Å². The van der Waals surface area contributed by atoms with Crippen LogP contribution in [0, 0.1) is 5.82 Å². The number of nitrogens with one attached hydrogen (secondary N) is 1. The van der Waals surface area contributed by atoms with Gasteiger partial charge in [-0.3, -0.25) is 4.79 Å². The van der Waals surface area contributed by atoms with Crippen LogP contribution >= 0.6 is 0 Å². The standard InChI is InChI=1S/C28H23FN2O3/c29-25-15-11-22(12-16-25)20-34-26-17-13-21(14-18-26)19-30-31-27(32)28(33,23-7-3-1-4-8-23)24-9-5-2-6-10-24/h1-19,33H,20H2,(H,31,32). The summed E-state index contributed by atoms with van der Waals surface area (Å²) in [6.07, 6.45) is 1.48. The molecule has 34 heavy (non-hydrogen) atoms. The second-order valence-corrected chi connectivity index (χ2v) is 7.63. The third-order valence-electron chi connectivity index (χ3n) is 5.29. The van der Waals surface area contributed by atoms with E-state index < -0.39 is 11.5 Å². The molecule has 4 aromatic carbocycles. The lowest BCUT2D eigenvalue weighted by molar-refractivity contribution is -0.136. The predicted molar refractivity (Wildman–Crippen MR) is 129 cm³/mol. The van der Waals surface area contributed by atoms with Crippen LogP contribution in [0.3, 0.4) is 0 Å². The van der Waals surface area contributed by atoms with Crippen molar-refractivity contribution in [3.05, 3.63) is 137 Å². The van der Waals surface area contributed by atoms with Crippen molar-refractivity contribution < 1.29 is 19.0 Å². The summed E-state index contributed by atoms with van der Waals surface area (Å²) in [5.41, 5.74) is 3.04. The van der Waals surface area contributed by atoms with Crippen LogP contribution in [0.25, 0.3) is 0 Å². The number of benzene rings is 4. The van der Waals surface area contributed by atoms with Gasteiger partial charge in [-0.1, -0.05) is 72.8 Å². The summed E-state index contributed by atoms with van der Waals surface area (Å²) >= 11 is 0. The maximum atomic E-state index is 13.0. The molecule has 0 spiro atoms. The molecule has 170 valence electrons. The van der Waals surface area contributed by atoms with Crippen LogP contribution in [0.15, 0.2) is 114 Å². The molecule has 0 bridgehead atoms. The molecule has 6 heteroatoms. The molecule has 5 nitrogen and oxygen atoms in total. The van der Waals surface area contributed by atoms with Crippen molar-refractivity contribution in [2.75, 3.05) is 0 Å². The van der Waals surface area contributed by atoms with E-state index in [1.165, 1.54) is 18.3 Å². The number of hydrogen-bond donors (Lipinski definition) is 2. The van der Waals surface area contributed by atoms with Crippen molar-refractivity contribution in [2.24, 2.45) is 5.10 Å². The lowest BCUT2D eigenvalue weighted by atomic mass is 9.85. The van der Waals surface area contributed by atoms with Crippen LogP contribution in [0.2, 0.25) is 0 Å². The summed E-state index contributed by atoms with van der Waals surface area (Å²) in [5, 5.41) is 15.4. The van der Waals surface area contributed by atoms with E-state index in [0.717, 1.165) is 11.1 Å². The summed E-state index contributed by atoms with van der Waals surface area (Å²) in [6, 6.07) is 30.7. The molecule has 0 atom stereocenters. The maximum Gasteiger partial charge on any atom is 0.281 e. The number of amides is 1. The summed E-state index contributed by atoms with van der Waals surface area (Å²) in [4.78, 5) is 13.0. The SMILES string of the molecule is O=C(NN=Cc1ccc(OCc2ccc(F)cc2)cc1)C(O)(c1ccccc1)c1ccccc1. The maximum absolute atomic E-state index is 13.0. The highest BCUT2D eigenvalue weighted by atomic mass is 19.1. The molecule has 0 unspecified atom stereocenters. The van der Waals surface area contributed by atoms with Gasteiger partial charge in [0, 0.05) is 0 Å². The van der Waals surface area contributed by atoms with Crippen molar-refractivity contribution in [3.63, 3.8) is 0 Å². The second kappa shape index (κ2) is 10.6. The van der Waals surface area contributed by atoms with E-state index in [0.29, 0.717) is 23.5 Å². The van der Waals surface area contributed by atoms with E-state index in [9.17, 15) is 14.3 Å². The molecule has 0 aliphatic heterocycles. The minimum atomic E-state index is -1.89. The molecule has 4 aromatic rings. The fourth-order valence-corrected chi connectivity index (χ4v) is 3.43. The Kier molecular flexibility index (Phi) is 7.10. The summed E-state index contributed by atoms with van der Waals surface area (Å²) in [5.74, 6) is -0.307. The first-order valence-corrected chi connectivity index (χ1v) is 10.7. The van der Waals surface area contributed by atoms with E-state index >= 15 is 0 Å². The number of hydrogen-bond acceptors (Lipinski definition) is 4. The topological polar surface area (TPSA) is 70.9 Å². The first kappa shape index (κ1) is 22.9. The number of aliphatic hydroxyl groups is 1. The molecule has 4 rings (SSSR count). The first-order valence-electron chi connectivity index (χ1n) is 10.7. The van der Waals surface area contributed by atoms with Gasteiger partial charge in [-0.2, -0.15) is 5.10 Å². The number of halogens is 1. The Morgan fingerprint density at radius 2 is 1.41 bits per heavy atom. The minimum absolute atomic E-state index is 0.287. The van der Waals surface area contributed by atoms with Gasteiger partial charge < -0.3 is 9.84 Å². The monoisotopic (exact) mass is 454 g/mol. The van der Waals surface area contributed by atoms with E-state index in [1.54, 1.807) is 84.9 Å².